The minimum Gasteiger partial charge on any atom is -0.452 e. The van der Waals surface area contributed by atoms with Crippen molar-refractivity contribution in [3.63, 3.8) is 0 Å². The molecule has 162 valence electrons. The quantitative estimate of drug-likeness (QED) is 0.604. The van der Waals surface area contributed by atoms with E-state index >= 15 is 0 Å². The number of carbonyl (C=O) groups excluding carboxylic acids is 2. The number of hydrogen-bond donors (Lipinski definition) is 2. The summed E-state index contributed by atoms with van der Waals surface area (Å²) in [5, 5.41) is 2.33. The molecule has 0 bridgehead atoms. The number of esters is 1. The number of ether oxygens (including phenoxy) is 2. The largest absolute Gasteiger partial charge is 0.573 e. The lowest BCUT2D eigenvalue weighted by atomic mass is 10.2. The van der Waals surface area contributed by atoms with Gasteiger partial charge in [0, 0.05) is 12.2 Å². The number of hydrogen-bond acceptors (Lipinski definition) is 6. The van der Waals surface area contributed by atoms with Crippen molar-refractivity contribution in [3.8, 4) is 5.75 Å². The van der Waals surface area contributed by atoms with E-state index in [-0.39, 0.29) is 22.7 Å². The van der Waals surface area contributed by atoms with Crippen LogP contribution in [0.25, 0.3) is 0 Å². The first kappa shape index (κ1) is 23.2. The highest BCUT2D eigenvalue weighted by Gasteiger charge is 2.31. The fourth-order valence-corrected chi connectivity index (χ4v) is 3.30. The van der Waals surface area contributed by atoms with Gasteiger partial charge >= 0.3 is 12.3 Å². The number of amides is 1. The number of benzene rings is 2. The van der Waals surface area contributed by atoms with Gasteiger partial charge in [-0.3, -0.25) is 4.79 Å². The van der Waals surface area contributed by atoms with Crippen molar-refractivity contribution >= 4 is 27.6 Å². The van der Waals surface area contributed by atoms with E-state index in [0.29, 0.717) is 0 Å². The Bertz CT molecular complexity index is 1010. The molecule has 0 aliphatic carbocycles. The lowest BCUT2D eigenvalue weighted by molar-refractivity contribution is -0.274. The number of halogens is 3. The monoisotopic (exact) mass is 446 g/mol. The van der Waals surface area contributed by atoms with Crippen LogP contribution in [0.1, 0.15) is 17.3 Å². The van der Waals surface area contributed by atoms with Gasteiger partial charge in [0.2, 0.25) is 10.0 Å². The molecule has 0 saturated carbocycles. The van der Waals surface area contributed by atoms with E-state index < -0.39 is 40.6 Å². The van der Waals surface area contributed by atoms with Crippen LogP contribution in [0, 0.1) is 0 Å². The summed E-state index contributed by atoms with van der Waals surface area (Å²) in [6.07, 6.45) is -4.83. The lowest BCUT2D eigenvalue weighted by Gasteiger charge is -2.10. The van der Waals surface area contributed by atoms with Crippen LogP contribution in [0.4, 0.5) is 18.9 Å². The minimum atomic E-state index is -4.83. The fourth-order valence-electron chi connectivity index (χ4n) is 2.22. The predicted molar refractivity (Wildman–Crippen MR) is 99.3 cm³/mol. The van der Waals surface area contributed by atoms with Crippen molar-refractivity contribution in [1.29, 1.82) is 0 Å². The molecule has 12 heteroatoms. The van der Waals surface area contributed by atoms with Gasteiger partial charge < -0.3 is 14.8 Å². The number of carbonyl (C=O) groups is 2. The second-order valence-corrected chi connectivity index (χ2v) is 7.49. The minimum absolute atomic E-state index is 0.0737. The molecule has 2 aromatic rings. The fraction of sp³-hybridized carbons (Fsp3) is 0.222. The maximum absolute atomic E-state index is 12.1. The Hall–Kier alpha value is -3.12. The number of alkyl halides is 3. The molecule has 0 saturated heterocycles. The van der Waals surface area contributed by atoms with Crippen molar-refractivity contribution < 1.29 is 40.7 Å². The summed E-state index contributed by atoms with van der Waals surface area (Å²) in [6, 6.07) is 9.45. The third-order valence-corrected chi connectivity index (χ3v) is 4.96. The van der Waals surface area contributed by atoms with Crippen LogP contribution >= 0.6 is 0 Å². The first-order valence-corrected chi connectivity index (χ1v) is 9.91. The Kier molecular flexibility index (Phi) is 7.40. The molecule has 30 heavy (non-hydrogen) atoms. The van der Waals surface area contributed by atoms with Crippen LogP contribution in [0.3, 0.4) is 0 Å². The molecular weight excluding hydrogens is 429 g/mol. The van der Waals surface area contributed by atoms with Crippen LogP contribution < -0.4 is 14.8 Å². The Labute approximate surface area is 170 Å². The highest BCUT2D eigenvalue weighted by atomic mass is 32.2. The molecule has 2 aromatic carbocycles. The molecule has 1 amide bonds. The Balaban J connectivity index is 1.93. The summed E-state index contributed by atoms with van der Waals surface area (Å²) in [7, 11) is -3.77. The topological polar surface area (TPSA) is 111 Å². The zero-order valence-electron chi connectivity index (χ0n) is 15.5. The van der Waals surface area contributed by atoms with Gasteiger partial charge in [0.25, 0.3) is 5.91 Å². The van der Waals surface area contributed by atoms with Crippen molar-refractivity contribution in [2.45, 2.75) is 18.2 Å². The van der Waals surface area contributed by atoms with Gasteiger partial charge in [-0.15, -0.1) is 13.2 Å². The second kappa shape index (κ2) is 9.59. The van der Waals surface area contributed by atoms with Crippen molar-refractivity contribution in [2.75, 3.05) is 18.5 Å². The van der Waals surface area contributed by atoms with E-state index in [1.54, 1.807) is 6.92 Å². The third kappa shape index (κ3) is 7.04. The summed E-state index contributed by atoms with van der Waals surface area (Å²) < 4.78 is 71.1. The highest BCUT2D eigenvalue weighted by molar-refractivity contribution is 7.89. The first-order chi connectivity index (χ1) is 14.0. The van der Waals surface area contributed by atoms with Crippen LogP contribution in [-0.2, 0) is 19.6 Å². The van der Waals surface area contributed by atoms with E-state index in [0.717, 1.165) is 18.2 Å². The Morgan fingerprint density at radius 3 is 2.33 bits per heavy atom. The average Bonchev–Trinajstić information content (AvgIpc) is 2.66. The number of rotatable bonds is 8. The smallest absolute Gasteiger partial charge is 0.452 e. The summed E-state index contributed by atoms with van der Waals surface area (Å²) in [5.74, 6) is -2.13. The molecule has 0 heterocycles. The van der Waals surface area contributed by atoms with E-state index in [1.165, 1.54) is 30.3 Å². The molecule has 2 N–H and O–H groups in total. The van der Waals surface area contributed by atoms with Crippen molar-refractivity contribution in [2.24, 2.45) is 0 Å². The normalized spacial score (nSPS) is 11.6. The summed E-state index contributed by atoms with van der Waals surface area (Å²) >= 11 is 0. The van der Waals surface area contributed by atoms with Crippen LogP contribution in [0.2, 0.25) is 0 Å². The molecule has 0 aromatic heterocycles. The van der Waals surface area contributed by atoms with Gasteiger partial charge in [-0.05, 0) is 42.5 Å². The molecule has 0 spiro atoms. The third-order valence-electron chi connectivity index (χ3n) is 3.42. The Morgan fingerprint density at radius 2 is 1.73 bits per heavy atom. The molecule has 2 rings (SSSR count). The maximum Gasteiger partial charge on any atom is 0.573 e. The number of nitrogens with one attached hydrogen (secondary N) is 2. The molecule has 8 nitrogen and oxygen atoms in total. The molecule has 0 aliphatic heterocycles. The summed E-state index contributed by atoms with van der Waals surface area (Å²) in [5.41, 5.74) is 0.0831. The standard InChI is InChI=1S/C18H17F3N2O6S/c1-2-22-30(26,27)15-5-3-4-12(10-15)17(25)28-11-16(24)23-13-6-8-14(9-7-13)29-18(19,20)21/h3-10,22H,2,11H2,1H3,(H,23,24). The second-order valence-electron chi connectivity index (χ2n) is 5.73. The van der Waals surface area contributed by atoms with E-state index in [1.807, 2.05) is 0 Å². The Morgan fingerprint density at radius 1 is 1.07 bits per heavy atom. The van der Waals surface area contributed by atoms with Gasteiger partial charge in [-0.2, -0.15) is 0 Å². The van der Waals surface area contributed by atoms with Gasteiger partial charge in [-0.25, -0.2) is 17.9 Å². The van der Waals surface area contributed by atoms with Crippen molar-refractivity contribution in [3.05, 3.63) is 54.1 Å². The molecule has 0 fully saturated rings. The molecule has 0 radical (unpaired) electrons. The van der Waals surface area contributed by atoms with Gasteiger partial charge in [0.15, 0.2) is 6.61 Å². The lowest BCUT2D eigenvalue weighted by Crippen LogP contribution is -2.24. The highest BCUT2D eigenvalue weighted by Crippen LogP contribution is 2.24. The molecule has 0 unspecified atom stereocenters. The predicted octanol–water partition coefficient (Wildman–Crippen LogP) is 2.68. The van der Waals surface area contributed by atoms with Crippen LogP contribution in [-0.4, -0.2) is 39.8 Å². The first-order valence-electron chi connectivity index (χ1n) is 8.42. The number of anilines is 1. The zero-order chi connectivity index (χ0) is 22.4. The molecular formula is C18H17F3N2O6S. The molecule has 0 atom stereocenters. The maximum atomic E-state index is 12.1. The van der Waals surface area contributed by atoms with Crippen molar-refractivity contribution in [1.82, 2.24) is 4.72 Å². The number of sulfonamides is 1. The van der Waals surface area contributed by atoms with E-state index in [2.05, 4.69) is 14.8 Å². The summed E-state index contributed by atoms with van der Waals surface area (Å²) in [4.78, 5) is 23.8. The van der Waals surface area contributed by atoms with Gasteiger partial charge in [0.1, 0.15) is 5.75 Å². The van der Waals surface area contributed by atoms with Gasteiger partial charge in [0.05, 0.1) is 10.5 Å². The average molecular weight is 446 g/mol. The zero-order valence-corrected chi connectivity index (χ0v) is 16.3. The molecule has 0 aliphatic rings. The summed E-state index contributed by atoms with van der Waals surface area (Å²) in [6.45, 7) is 1.08. The SMILES string of the molecule is CCNS(=O)(=O)c1cccc(C(=O)OCC(=O)Nc2ccc(OC(F)(F)F)cc2)c1. The van der Waals surface area contributed by atoms with Crippen LogP contribution in [0.5, 0.6) is 5.75 Å². The van der Waals surface area contributed by atoms with Crippen LogP contribution in [0.15, 0.2) is 53.4 Å². The van der Waals surface area contributed by atoms with E-state index in [9.17, 15) is 31.2 Å². The van der Waals surface area contributed by atoms with Gasteiger partial charge in [-0.1, -0.05) is 13.0 Å². The van der Waals surface area contributed by atoms with E-state index in [4.69, 9.17) is 4.74 Å².